The van der Waals surface area contributed by atoms with E-state index < -0.39 is 0 Å². The van der Waals surface area contributed by atoms with Gasteiger partial charge >= 0.3 is 0 Å². The Balaban J connectivity index is 1.44. The lowest BCUT2D eigenvalue weighted by Gasteiger charge is -2.31. The summed E-state index contributed by atoms with van der Waals surface area (Å²) in [7, 11) is 1.67. The smallest absolute Gasteiger partial charge is 0.119 e. The van der Waals surface area contributed by atoms with Crippen molar-refractivity contribution in [2.24, 2.45) is 0 Å². The van der Waals surface area contributed by atoms with Crippen molar-refractivity contribution in [3.05, 3.63) is 60.2 Å². The van der Waals surface area contributed by atoms with Crippen LogP contribution in [0.4, 0.5) is 0 Å². The van der Waals surface area contributed by atoms with Gasteiger partial charge in [-0.15, -0.1) is 0 Å². The number of morpholine rings is 1. The lowest BCUT2D eigenvalue weighted by atomic mass is 10.1. The van der Waals surface area contributed by atoms with E-state index in [9.17, 15) is 0 Å². The van der Waals surface area contributed by atoms with E-state index in [0.717, 1.165) is 57.3 Å². The second-order valence-corrected chi connectivity index (χ2v) is 6.71. The molecule has 1 atom stereocenters. The van der Waals surface area contributed by atoms with Gasteiger partial charge in [0.15, 0.2) is 0 Å². The highest BCUT2D eigenvalue weighted by atomic mass is 16.5. The molecular formula is C22H30N2O3. The number of nitrogens with one attached hydrogen (secondary N) is 1. The highest BCUT2D eigenvalue weighted by Crippen LogP contribution is 2.17. The molecule has 1 fully saturated rings. The molecule has 27 heavy (non-hydrogen) atoms. The Morgan fingerprint density at radius 3 is 2.41 bits per heavy atom. The molecule has 1 saturated heterocycles. The van der Waals surface area contributed by atoms with Crippen LogP contribution in [0.3, 0.4) is 0 Å². The van der Waals surface area contributed by atoms with Crippen LogP contribution in [-0.4, -0.2) is 58.0 Å². The molecule has 5 nitrogen and oxygen atoms in total. The van der Waals surface area contributed by atoms with Crippen molar-refractivity contribution in [1.29, 1.82) is 0 Å². The molecule has 1 aliphatic heterocycles. The predicted molar refractivity (Wildman–Crippen MR) is 108 cm³/mol. The van der Waals surface area contributed by atoms with Crippen molar-refractivity contribution in [1.82, 2.24) is 10.2 Å². The molecular weight excluding hydrogens is 340 g/mol. The molecule has 146 valence electrons. The maximum atomic E-state index is 5.82. The quantitative estimate of drug-likeness (QED) is 0.651. The largest absolute Gasteiger partial charge is 0.497 e. The second kappa shape index (κ2) is 10.9. The second-order valence-electron chi connectivity index (χ2n) is 6.71. The Labute approximate surface area is 162 Å². The maximum Gasteiger partial charge on any atom is 0.119 e. The van der Waals surface area contributed by atoms with Gasteiger partial charge < -0.3 is 19.5 Å². The molecule has 1 aliphatic rings. The van der Waals surface area contributed by atoms with Gasteiger partial charge in [-0.1, -0.05) is 30.3 Å². The fraction of sp³-hybridized carbons (Fsp3) is 0.455. The Morgan fingerprint density at radius 2 is 1.70 bits per heavy atom. The van der Waals surface area contributed by atoms with Crippen LogP contribution in [-0.2, 0) is 4.74 Å². The number of nitrogens with zero attached hydrogens (tertiary/aromatic N) is 1. The Kier molecular flexibility index (Phi) is 7.96. The van der Waals surface area contributed by atoms with Crippen LogP contribution in [0.5, 0.6) is 11.5 Å². The van der Waals surface area contributed by atoms with Crippen LogP contribution in [0, 0.1) is 0 Å². The summed E-state index contributed by atoms with van der Waals surface area (Å²) < 4.78 is 16.5. The summed E-state index contributed by atoms with van der Waals surface area (Å²) in [6.45, 7) is 6.29. The molecule has 5 heteroatoms. The fourth-order valence-corrected chi connectivity index (χ4v) is 3.23. The fourth-order valence-electron chi connectivity index (χ4n) is 3.23. The van der Waals surface area contributed by atoms with E-state index in [2.05, 4.69) is 40.5 Å². The molecule has 0 amide bonds. The third-order valence-electron chi connectivity index (χ3n) is 4.79. The van der Waals surface area contributed by atoms with Crippen LogP contribution in [0.25, 0.3) is 0 Å². The van der Waals surface area contributed by atoms with Crippen molar-refractivity contribution >= 4 is 0 Å². The lowest BCUT2D eigenvalue weighted by molar-refractivity contribution is 0.0334. The molecule has 2 aromatic carbocycles. The van der Waals surface area contributed by atoms with Crippen LogP contribution in [0.15, 0.2) is 54.6 Å². The SMILES string of the molecule is COc1ccc(OCCCNC(CN2CCOCC2)c2ccccc2)cc1. The molecule has 2 aromatic rings. The van der Waals surface area contributed by atoms with E-state index >= 15 is 0 Å². The molecule has 0 radical (unpaired) electrons. The van der Waals surface area contributed by atoms with Gasteiger partial charge in [-0.05, 0) is 42.8 Å². The van der Waals surface area contributed by atoms with Gasteiger partial charge in [0, 0.05) is 25.7 Å². The zero-order valence-corrected chi connectivity index (χ0v) is 16.1. The van der Waals surface area contributed by atoms with Crippen molar-refractivity contribution < 1.29 is 14.2 Å². The van der Waals surface area contributed by atoms with E-state index in [1.807, 2.05) is 24.3 Å². The van der Waals surface area contributed by atoms with E-state index in [1.54, 1.807) is 7.11 Å². The zero-order chi connectivity index (χ0) is 18.7. The minimum absolute atomic E-state index is 0.324. The Bertz CT molecular complexity index is 642. The lowest BCUT2D eigenvalue weighted by Crippen LogP contribution is -2.42. The minimum Gasteiger partial charge on any atom is -0.497 e. The van der Waals surface area contributed by atoms with E-state index in [1.165, 1.54) is 5.56 Å². The minimum atomic E-state index is 0.324. The van der Waals surface area contributed by atoms with Gasteiger partial charge in [-0.3, -0.25) is 4.90 Å². The van der Waals surface area contributed by atoms with Crippen molar-refractivity contribution in [2.75, 3.05) is 53.1 Å². The summed E-state index contributed by atoms with van der Waals surface area (Å²) in [6, 6.07) is 18.7. The van der Waals surface area contributed by atoms with Crippen molar-refractivity contribution in [3.63, 3.8) is 0 Å². The summed E-state index contributed by atoms with van der Waals surface area (Å²) >= 11 is 0. The molecule has 0 spiro atoms. The van der Waals surface area contributed by atoms with Gasteiger partial charge in [0.05, 0.1) is 26.9 Å². The number of hydrogen-bond donors (Lipinski definition) is 1. The van der Waals surface area contributed by atoms with E-state index in [0.29, 0.717) is 12.6 Å². The normalized spacial score (nSPS) is 16.0. The third-order valence-corrected chi connectivity index (χ3v) is 4.79. The van der Waals surface area contributed by atoms with E-state index in [4.69, 9.17) is 14.2 Å². The molecule has 1 heterocycles. The Morgan fingerprint density at radius 1 is 1.00 bits per heavy atom. The summed E-state index contributed by atoms with van der Waals surface area (Å²) in [6.07, 6.45) is 0.957. The van der Waals surface area contributed by atoms with Crippen LogP contribution in [0.1, 0.15) is 18.0 Å². The molecule has 0 aliphatic carbocycles. The third kappa shape index (κ3) is 6.54. The number of benzene rings is 2. The number of methoxy groups -OCH3 is 1. The average molecular weight is 370 g/mol. The number of hydrogen-bond acceptors (Lipinski definition) is 5. The first-order valence-corrected chi connectivity index (χ1v) is 9.70. The molecule has 1 N–H and O–H groups in total. The Hall–Kier alpha value is -2.08. The van der Waals surface area contributed by atoms with Gasteiger partial charge in [0.25, 0.3) is 0 Å². The first-order valence-electron chi connectivity index (χ1n) is 9.70. The summed E-state index contributed by atoms with van der Waals surface area (Å²) in [4.78, 5) is 2.47. The highest BCUT2D eigenvalue weighted by Gasteiger charge is 2.17. The number of ether oxygens (including phenoxy) is 3. The molecule has 0 bridgehead atoms. The average Bonchev–Trinajstić information content (AvgIpc) is 2.74. The number of rotatable bonds is 10. The molecule has 0 aromatic heterocycles. The predicted octanol–water partition coefficient (Wildman–Crippen LogP) is 3.13. The van der Waals surface area contributed by atoms with Crippen LogP contribution in [0.2, 0.25) is 0 Å². The summed E-state index contributed by atoms with van der Waals surface area (Å²) in [5.74, 6) is 1.72. The highest BCUT2D eigenvalue weighted by molar-refractivity contribution is 5.31. The van der Waals surface area contributed by atoms with Crippen molar-refractivity contribution in [3.8, 4) is 11.5 Å². The van der Waals surface area contributed by atoms with Gasteiger partial charge in [-0.25, -0.2) is 0 Å². The van der Waals surface area contributed by atoms with E-state index in [-0.39, 0.29) is 0 Å². The van der Waals surface area contributed by atoms with Crippen LogP contribution >= 0.6 is 0 Å². The van der Waals surface area contributed by atoms with Gasteiger partial charge in [-0.2, -0.15) is 0 Å². The summed E-state index contributed by atoms with van der Waals surface area (Å²) in [5.41, 5.74) is 1.33. The zero-order valence-electron chi connectivity index (χ0n) is 16.1. The van der Waals surface area contributed by atoms with Crippen molar-refractivity contribution in [2.45, 2.75) is 12.5 Å². The standard InChI is InChI=1S/C22H30N2O3/c1-25-20-8-10-21(11-9-20)27-15-5-12-23-22(19-6-3-2-4-7-19)18-24-13-16-26-17-14-24/h2-4,6-11,22-23H,5,12-18H2,1H3. The summed E-state index contributed by atoms with van der Waals surface area (Å²) in [5, 5.41) is 3.71. The van der Waals surface area contributed by atoms with Gasteiger partial charge in [0.1, 0.15) is 11.5 Å². The first-order chi connectivity index (χ1) is 13.3. The van der Waals surface area contributed by atoms with Crippen LogP contribution < -0.4 is 14.8 Å². The molecule has 3 rings (SSSR count). The van der Waals surface area contributed by atoms with Gasteiger partial charge in [0.2, 0.25) is 0 Å². The first kappa shape index (κ1) is 19.7. The maximum absolute atomic E-state index is 5.82. The molecule has 1 unspecified atom stereocenters. The topological polar surface area (TPSA) is 43.0 Å². The monoisotopic (exact) mass is 370 g/mol. The molecule has 0 saturated carbocycles.